The summed E-state index contributed by atoms with van der Waals surface area (Å²) < 4.78 is 11.2. The molecule has 1 saturated heterocycles. The summed E-state index contributed by atoms with van der Waals surface area (Å²) in [6.45, 7) is 3.22. The van der Waals surface area contributed by atoms with Crippen LogP contribution in [0.4, 0.5) is 5.69 Å². The van der Waals surface area contributed by atoms with Crippen LogP contribution in [0.3, 0.4) is 0 Å². The summed E-state index contributed by atoms with van der Waals surface area (Å²) in [5.41, 5.74) is 6.40. The quantitative estimate of drug-likeness (QED) is 0.251. The fourth-order valence-electron chi connectivity index (χ4n) is 6.54. The molecule has 3 aromatic rings. The van der Waals surface area contributed by atoms with Crippen LogP contribution in [-0.2, 0) is 25.5 Å². The van der Waals surface area contributed by atoms with Crippen molar-refractivity contribution in [1.82, 2.24) is 25.4 Å². The van der Waals surface area contributed by atoms with Crippen LogP contribution >= 0.6 is 11.6 Å². The molecule has 3 amide bonds. The number of halogens is 1. The summed E-state index contributed by atoms with van der Waals surface area (Å²) in [4.78, 5) is 44.9. The molecule has 1 aliphatic carbocycles. The van der Waals surface area contributed by atoms with E-state index in [2.05, 4.69) is 22.0 Å². The van der Waals surface area contributed by atoms with Gasteiger partial charge in [0, 0.05) is 48.7 Å². The number of aliphatic hydroxyl groups excluding tert-OH is 1. The van der Waals surface area contributed by atoms with Gasteiger partial charge in [0.15, 0.2) is 0 Å². The number of aryl methyl sites for hydroxylation is 1. The highest BCUT2D eigenvalue weighted by atomic mass is 35.5. The van der Waals surface area contributed by atoms with Crippen LogP contribution in [0.1, 0.15) is 35.6 Å². The van der Waals surface area contributed by atoms with Gasteiger partial charge in [-0.25, -0.2) is 4.98 Å². The van der Waals surface area contributed by atoms with E-state index >= 15 is 0 Å². The number of rotatable bonds is 9. The first kappa shape index (κ1) is 33.4. The smallest absolute Gasteiger partial charge is 0.264 e. The van der Waals surface area contributed by atoms with Crippen LogP contribution in [0.2, 0.25) is 5.02 Å². The number of carbonyl (C=O) groups is 3. The first-order valence-electron chi connectivity index (χ1n) is 15.8. The van der Waals surface area contributed by atoms with E-state index in [1.807, 2.05) is 37.3 Å². The van der Waals surface area contributed by atoms with E-state index in [9.17, 15) is 19.5 Å². The van der Waals surface area contributed by atoms with Gasteiger partial charge in [-0.3, -0.25) is 19.3 Å². The normalized spacial score (nSPS) is 20.7. The third-order valence-electron chi connectivity index (χ3n) is 9.14. The van der Waals surface area contributed by atoms with E-state index in [0.717, 1.165) is 57.5 Å². The topological polar surface area (TPSA) is 145 Å². The van der Waals surface area contributed by atoms with Gasteiger partial charge in [-0.15, -0.1) is 0 Å². The highest BCUT2D eigenvalue weighted by Gasteiger charge is 2.33. The number of ether oxygens (including phenoxy) is 2. The molecule has 252 valence electrons. The molecule has 48 heavy (non-hydrogen) atoms. The number of aliphatic hydroxyl groups is 1. The monoisotopic (exact) mass is 674 g/mol. The molecule has 0 radical (unpaired) electrons. The van der Waals surface area contributed by atoms with Crippen LogP contribution in [0, 0.1) is 6.92 Å². The van der Waals surface area contributed by atoms with Gasteiger partial charge in [0.1, 0.15) is 12.2 Å². The number of fused-ring (bicyclic) bond motifs is 1. The first-order valence-corrected chi connectivity index (χ1v) is 16.2. The summed E-state index contributed by atoms with van der Waals surface area (Å²) in [5.74, 6) is -0.694. The van der Waals surface area contributed by atoms with Crippen LogP contribution in [0.15, 0.2) is 54.2 Å². The Bertz CT molecular complexity index is 1800. The molecule has 12 nitrogen and oxygen atoms in total. The SMILES string of the molecule is COc1nc(-c2cccc(-c3cccc(NC(=O)C4=CN(C)C(O)N(C)C4=O)c3C)c2Cl)cc2c1[C@@H](NCC[C@@H]1COCC(=O)N1)CC2. The molecule has 6 rings (SSSR count). The number of amides is 3. The third kappa shape index (κ3) is 6.48. The van der Waals surface area contributed by atoms with Crippen LogP contribution in [-0.4, -0.2) is 91.0 Å². The summed E-state index contributed by atoms with van der Waals surface area (Å²) in [6.07, 6.45) is 2.69. The number of morpholine rings is 1. The maximum atomic E-state index is 13.2. The van der Waals surface area contributed by atoms with Crippen molar-refractivity contribution in [2.75, 3.05) is 46.3 Å². The van der Waals surface area contributed by atoms with Gasteiger partial charge in [0.05, 0.1) is 30.5 Å². The molecule has 1 aromatic heterocycles. The molecule has 2 aliphatic heterocycles. The van der Waals surface area contributed by atoms with E-state index in [1.54, 1.807) is 20.2 Å². The minimum atomic E-state index is -1.15. The fourth-order valence-corrected chi connectivity index (χ4v) is 6.86. The van der Waals surface area contributed by atoms with Gasteiger partial charge in [0.25, 0.3) is 11.8 Å². The van der Waals surface area contributed by atoms with E-state index in [4.69, 9.17) is 26.1 Å². The highest BCUT2D eigenvalue weighted by Crippen LogP contribution is 2.43. The third-order valence-corrected chi connectivity index (χ3v) is 9.55. The Balaban J connectivity index is 1.23. The largest absolute Gasteiger partial charge is 0.481 e. The zero-order valence-electron chi connectivity index (χ0n) is 27.3. The summed E-state index contributed by atoms with van der Waals surface area (Å²) >= 11 is 7.11. The lowest BCUT2D eigenvalue weighted by Crippen LogP contribution is -2.51. The van der Waals surface area contributed by atoms with Crippen molar-refractivity contribution in [2.24, 2.45) is 0 Å². The minimum absolute atomic E-state index is 0.00504. The lowest BCUT2D eigenvalue weighted by atomic mass is 9.96. The molecule has 2 aromatic carbocycles. The Kier molecular flexibility index (Phi) is 9.70. The molecule has 13 heteroatoms. The van der Waals surface area contributed by atoms with Crippen molar-refractivity contribution >= 4 is 35.0 Å². The van der Waals surface area contributed by atoms with E-state index < -0.39 is 18.2 Å². The Hall–Kier alpha value is -4.49. The van der Waals surface area contributed by atoms with Crippen molar-refractivity contribution in [3.8, 4) is 28.3 Å². The molecular weight excluding hydrogens is 636 g/mol. The van der Waals surface area contributed by atoms with Gasteiger partial charge in [0.2, 0.25) is 18.1 Å². The van der Waals surface area contributed by atoms with Gasteiger partial charge in [-0.2, -0.15) is 0 Å². The molecule has 0 bridgehead atoms. The number of anilines is 1. The van der Waals surface area contributed by atoms with Crippen LogP contribution in [0.25, 0.3) is 22.4 Å². The number of hydrogen-bond acceptors (Lipinski definition) is 9. The Labute approximate surface area is 284 Å². The lowest BCUT2D eigenvalue weighted by Gasteiger charge is -2.35. The highest BCUT2D eigenvalue weighted by molar-refractivity contribution is 6.36. The maximum Gasteiger partial charge on any atom is 0.264 e. The van der Waals surface area contributed by atoms with Crippen molar-refractivity contribution in [2.45, 2.75) is 44.6 Å². The molecule has 4 N–H and O–H groups in total. The van der Waals surface area contributed by atoms with Crippen LogP contribution < -0.4 is 20.7 Å². The van der Waals surface area contributed by atoms with Gasteiger partial charge < -0.3 is 35.4 Å². The number of hydrogen-bond donors (Lipinski definition) is 4. The molecule has 3 heterocycles. The number of carbonyl (C=O) groups excluding carboxylic acids is 3. The number of nitrogens with one attached hydrogen (secondary N) is 3. The van der Waals surface area contributed by atoms with Gasteiger partial charge in [-0.05, 0) is 61.6 Å². The van der Waals surface area contributed by atoms with Gasteiger partial charge >= 0.3 is 0 Å². The average molecular weight is 675 g/mol. The number of benzene rings is 2. The average Bonchev–Trinajstić information content (AvgIpc) is 3.49. The number of aromatic nitrogens is 1. The minimum Gasteiger partial charge on any atom is -0.481 e. The van der Waals surface area contributed by atoms with Gasteiger partial charge in [-0.1, -0.05) is 41.9 Å². The number of nitrogens with zero attached hydrogens (tertiary/aromatic N) is 3. The number of likely N-dealkylation sites (N-methyl/N-ethyl adjacent to an activating group) is 1. The molecular formula is C35H39ClN6O6. The summed E-state index contributed by atoms with van der Waals surface area (Å²) in [6, 6.07) is 13.4. The maximum absolute atomic E-state index is 13.2. The van der Waals surface area contributed by atoms with Crippen molar-refractivity contribution in [3.63, 3.8) is 0 Å². The van der Waals surface area contributed by atoms with Crippen molar-refractivity contribution in [1.29, 1.82) is 0 Å². The van der Waals surface area contributed by atoms with Crippen molar-refractivity contribution < 1.29 is 29.0 Å². The molecule has 1 fully saturated rings. The fraction of sp³-hybridized carbons (Fsp3) is 0.371. The zero-order valence-corrected chi connectivity index (χ0v) is 28.1. The molecule has 0 spiro atoms. The number of pyridine rings is 1. The van der Waals surface area contributed by atoms with Crippen LogP contribution in [0.5, 0.6) is 5.88 Å². The Morgan fingerprint density at radius 3 is 2.69 bits per heavy atom. The molecule has 1 unspecified atom stereocenters. The predicted octanol–water partition coefficient (Wildman–Crippen LogP) is 3.37. The summed E-state index contributed by atoms with van der Waals surface area (Å²) in [5, 5.41) is 20.1. The Morgan fingerprint density at radius 1 is 1.17 bits per heavy atom. The Morgan fingerprint density at radius 2 is 1.92 bits per heavy atom. The molecule has 3 aliphatic rings. The molecule has 0 saturated carbocycles. The van der Waals surface area contributed by atoms with E-state index in [0.29, 0.717) is 35.4 Å². The first-order chi connectivity index (χ1) is 23.1. The van der Waals surface area contributed by atoms with Crippen molar-refractivity contribution in [3.05, 3.63) is 76.0 Å². The lowest BCUT2D eigenvalue weighted by molar-refractivity contribution is -0.149. The second-order valence-electron chi connectivity index (χ2n) is 12.3. The standard InChI is InChI=1S/C35H39ClN6O6/c1-19-22(7-6-10-26(19)39-32(44)25-16-41(2)35(46)42(3)34(25)45)23-8-5-9-24(31(23)36)28-15-20-11-12-27(30(20)33(40-28)47-4)37-14-13-21-17-48-18-29(43)38-21/h5-10,15-16,21,27,35,37,46H,11-14,17-18H2,1-4H3,(H,38,43)(H,39,44)/t21-,27+,35?/m1/s1. The summed E-state index contributed by atoms with van der Waals surface area (Å²) in [7, 11) is 4.64. The molecule has 3 atom stereocenters. The van der Waals surface area contributed by atoms with E-state index in [1.165, 1.54) is 18.1 Å². The second kappa shape index (κ2) is 13.9. The second-order valence-corrected chi connectivity index (χ2v) is 12.7. The number of methoxy groups -OCH3 is 1. The zero-order chi connectivity index (χ0) is 34.1. The predicted molar refractivity (Wildman–Crippen MR) is 181 cm³/mol. The van der Waals surface area contributed by atoms with E-state index in [-0.39, 0.29) is 30.2 Å².